The number of ether oxygens (including phenoxy) is 1. The van der Waals surface area contributed by atoms with E-state index in [9.17, 15) is 4.79 Å². The van der Waals surface area contributed by atoms with Crippen LogP contribution in [0.1, 0.15) is 12.0 Å². The van der Waals surface area contributed by atoms with E-state index in [1.54, 1.807) is 0 Å². The molecular weight excluding hydrogens is 332 g/mol. The monoisotopic (exact) mass is 350 g/mol. The van der Waals surface area contributed by atoms with Crippen LogP contribution in [-0.2, 0) is 9.53 Å². The second-order valence-corrected chi connectivity index (χ2v) is 7.42. The molecule has 1 heterocycles. The summed E-state index contributed by atoms with van der Waals surface area (Å²) >= 11 is 6.30. The second kappa shape index (κ2) is 8.24. The lowest BCUT2D eigenvalue weighted by Gasteiger charge is -2.10. The van der Waals surface area contributed by atoms with Crippen LogP contribution >= 0.6 is 22.1 Å². The van der Waals surface area contributed by atoms with Crippen LogP contribution in [0.25, 0.3) is 6.08 Å². The summed E-state index contributed by atoms with van der Waals surface area (Å²) in [6, 6.07) is 9.91. The summed E-state index contributed by atoms with van der Waals surface area (Å²) < 4.78 is 5.29. The molecular formula is C17H19ClN2O2S. The van der Waals surface area contributed by atoms with Crippen molar-refractivity contribution >= 4 is 44.1 Å². The zero-order valence-electron chi connectivity index (χ0n) is 13.3. The van der Waals surface area contributed by atoms with E-state index in [1.165, 1.54) is 7.11 Å². The van der Waals surface area contributed by atoms with Crippen molar-refractivity contribution in [3.05, 3.63) is 52.6 Å². The smallest absolute Gasteiger partial charge is 0.310 e. The Morgan fingerprint density at radius 1 is 1.30 bits per heavy atom. The molecule has 0 saturated heterocycles. The van der Waals surface area contributed by atoms with Gasteiger partial charge in [-0.1, -0.05) is 58.5 Å². The number of rotatable bonds is 5. The van der Waals surface area contributed by atoms with Crippen molar-refractivity contribution in [2.24, 2.45) is 4.99 Å². The highest BCUT2D eigenvalue weighted by molar-refractivity contribution is 8.33. The van der Waals surface area contributed by atoms with Gasteiger partial charge in [-0.05, 0) is 25.7 Å². The molecule has 1 unspecified atom stereocenters. The third kappa shape index (κ3) is 4.89. The molecule has 122 valence electrons. The number of halogens is 1. The van der Waals surface area contributed by atoms with Gasteiger partial charge in [-0.3, -0.25) is 9.69 Å². The minimum atomic E-state index is -0.506. The number of carbonyl (C=O) groups is 1. The first-order valence-corrected chi connectivity index (χ1v) is 8.69. The summed E-state index contributed by atoms with van der Waals surface area (Å²) in [4.78, 5) is 19.0. The topological polar surface area (TPSA) is 41.9 Å². The van der Waals surface area contributed by atoms with Crippen LogP contribution in [0.4, 0.5) is 0 Å². The molecule has 0 amide bonds. The minimum Gasteiger partial charge on any atom is -0.469 e. The fourth-order valence-corrected chi connectivity index (χ4v) is 4.12. The lowest BCUT2D eigenvalue weighted by Crippen LogP contribution is -2.10. The van der Waals surface area contributed by atoms with Crippen LogP contribution in [0, 0.1) is 0 Å². The summed E-state index contributed by atoms with van der Waals surface area (Å²) in [5.41, 5.74) is 3.76. The molecule has 1 aliphatic rings. The van der Waals surface area contributed by atoms with Crippen LogP contribution in [0.5, 0.6) is 0 Å². The normalized spacial score (nSPS) is 18.1. The first-order valence-electron chi connectivity index (χ1n) is 7.03. The summed E-state index contributed by atoms with van der Waals surface area (Å²) in [7, 11) is 4.72. The lowest BCUT2D eigenvalue weighted by molar-refractivity contribution is -0.139. The minimum absolute atomic E-state index is 0.179. The molecule has 23 heavy (non-hydrogen) atoms. The van der Waals surface area contributed by atoms with E-state index in [-0.39, 0.29) is 12.4 Å². The fraction of sp³-hybridized carbons (Fsp3) is 0.235. The zero-order chi connectivity index (χ0) is 16.8. The Morgan fingerprint density at radius 3 is 2.61 bits per heavy atom. The van der Waals surface area contributed by atoms with E-state index in [0.717, 1.165) is 16.2 Å². The van der Waals surface area contributed by atoms with E-state index in [2.05, 4.69) is 4.99 Å². The van der Waals surface area contributed by atoms with Gasteiger partial charge < -0.3 is 4.74 Å². The highest BCUT2D eigenvalue weighted by atomic mass is 35.5. The van der Waals surface area contributed by atoms with Gasteiger partial charge in [0.25, 0.3) is 0 Å². The highest BCUT2D eigenvalue weighted by Gasteiger charge is 2.23. The maximum absolute atomic E-state index is 11.7. The molecule has 0 aromatic heterocycles. The molecule has 0 saturated carbocycles. The third-order valence-electron chi connectivity index (χ3n) is 3.02. The largest absolute Gasteiger partial charge is 0.469 e. The zero-order valence-corrected chi connectivity index (χ0v) is 14.9. The molecule has 1 aromatic rings. The van der Waals surface area contributed by atoms with Crippen molar-refractivity contribution in [2.45, 2.75) is 6.42 Å². The van der Waals surface area contributed by atoms with E-state index in [4.69, 9.17) is 16.3 Å². The Kier molecular flexibility index (Phi) is 6.33. The molecule has 1 aromatic carbocycles. The first-order chi connectivity index (χ1) is 11.0. The molecule has 0 fully saturated rings. The average molecular weight is 351 g/mol. The molecule has 1 atom stereocenters. The SMILES string of the molecule is COC(=O)CC1=C(C=Cc2ccccc2)N=C(Cl)S1=CN(C)C. The summed E-state index contributed by atoms with van der Waals surface area (Å²) in [6.45, 7) is 0. The Balaban J connectivity index is 2.38. The Labute approximate surface area is 144 Å². The quantitative estimate of drug-likeness (QED) is 0.601. The molecule has 0 bridgehead atoms. The van der Waals surface area contributed by atoms with Crippen LogP contribution in [0.3, 0.4) is 0 Å². The predicted octanol–water partition coefficient (Wildman–Crippen LogP) is 3.67. The maximum atomic E-state index is 11.7. The Morgan fingerprint density at radius 2 is 2.00 bits per heavy atom. The van der Waals surface area contributed by atoms with Gasteiger partial charge in [-0.2, -0.15) is 0 Å². The highest BCUT2D eigenvalue weighted by Crippen LogP contribution is 2.41. The number of hydrogen-bond acceptors (Lipinski definition) is 3. The van der Waals surface area contributed by atoms with E-state index in [0.29, 0.717) is 4.50 Å². The molecule has 2 rings (SSSR count). The van der Waals surface area contributed by atoms with E-state index in [1.807, 2.05) is 67.0 Å². The van der Waals surface area contributed by atoms with Crippen molar-refractivity contribution in [2.75, 3.05) is 21.2 Å². The van der Waals surface area contributed by atoms with Crippen molar-refractivity contribution in [3.63, 3.8) is 0 Å². The van der Waals surface area contributed by atoms with Crippen LogP contribution in [0.2, 0.25) is 0 Å². The van der Waals surface area contributed by atoms with Gasteiger partial charge in [-0.25, -0.2) is 4.99 Å². The van der Waals surface area contributed by atoms with Crippen molar-refractivity contribution < 1.29 is 9.53 Å². The molecule has 1 aliphatic heterocycles. The molecule has 0 radical (unpaired) electrons. The number of esters is 1. The van der Waals surface area contributed by atoms with Gasteiger partial charge in [0.1, 0.15) is 0 Å². The summed E-state index contributed by atoms with van der Waals surface area (Å²) in [6.07, 6.45) is 4.04. The molecule has 0 N–H and O–H groups in total. The number of aliphatic imine (C=N–C) groups is 1. The van der Waals surface area contributed by atoms with Gasteiger partial charge in [-0.15, -0.1) is 0 Å². The number of hydrogen-bond donors (Lipinski definition) is 0. The lowest BCUT2D eigenvalue weighted by atomic mass is 10.2. The number of methoxy groups -OCH3 is 1. The summed E-state index contributed by atoms with van der Waals surface area (Å²) in [5, 5.41) is 0. The fourth-order valence-electron chi connectivity index (χ4n) is 1.98. The Hall–Kier alpha value is -1.69. The number of nitrogens with zero attached hydrogens (tertiary/aromatic N) is 2. The van der Waals surface area contributed by atoms with E-state index >= 15 is 0 Å². The van der Waals surface area contributed by atoms with Gasteiger partial charge in [0.05, 0.1) is 19.2 Å². The Bertz CT molecular complexity index is 707. The van der Waals surface area contributed by atoms with Crippen LogP contribution < -0.4 is 0 Å². The number of carbonyl (C=O) groups excluding carboxylic acids is 1. The molecule has 4 nitrogen and oxygen atoms in total. The molecule has 0 spiro atoms. The number of benzene rings is 1. The van der Waals surface area contributed by atoms with Crippen molar-refractivity contribution in [1.29, 1.82) is 0 Å². The molecule has 0 aliphatic carbocycles. The van der Waals surface area contributed by atoms with Gasteiger partial charge in [0.2, 0.25) is 0 Å². The third-order valence-corrected chi connectivity index (χ3v) is 5.58. The van der Waals surface area contributed by atoms with Crippen molar-refractivity contribution in [1.82, 2.24) is 4.90 Å². The van der Waals surface area contributed by atoms with Crippen LogP contribution in [0.15, 0.2) is 52.0 Å². The maximum Gasteiger partial charge on any atom is 0.310 e. The molecule has 6 heteroatoms. The first kappa shape index (κ1) is 17.7. The second-order valence-electron chi connectivity index (χ2n) is 5.08. The van der Waals surface area contributed by atoms with Crippen molar-refractivity contribution in [3.8, 4) is 0 Å². The number of allylic oxidation sites excluding steroid dienone is 1. The summed E-state index contributed by atoms with van der Waals surface area (Å²) in [5.74, 6) is -0.295. The van der Waals surface area contributed by atoms with Gasteiger partial charge in [0, 0.05) is 10.4 Å². The van der Waals surface area contributed by atoms with Gasteiger partial charge in [0.15, 0.2) is 4.50 Å². The van der Waals surface area contributed by atoms with Gasteiger partial charge >= 0.3 is 5.97 Å². The standard InChI is InChI=1S/C17H19ClN2O2S/c1-20(2)12-23-15(11-16(21)22-3)14(19-17(23)18)10-9-13-7-5-4-6-8-13/h4-10,12H,11H2,1-3H3. The predicted molar refractivity (Wildman–Crippen MR) is 99.8 cm³/mol. The average Bonchev–Trinajstić information content (AvgIpc) is 2.81. The van der Waals surface area contributed by atoms with Crippen LogP contribution in [-0.4, -0.2) is 42.1 Å². The van der Waals surface area contributed by atoms with E-state index < -0.39 is 10.5 Å².